The molecule has 0 bridgehead atoms. The average molecular weight is 265 g/mol. The maximum Gasteiger partial charge on any atom is 0.119 e. The van der Waals surface area contributed by atoms with Crippen molar-refractivity contribution in [3.05, 3.63) is 29.3 Å². The van der Waals surface area contributed by atoms with Gasteiger partial charge in [0.05, 0.1) is 6.61 Å². The van der Waals surface area contributed by atoms with Crippen molar-refractivity contribution in [1.29, 1.82) is 0 Å². The average Bonchev–Trinajstić information content (AvgIpc) is 2.65. The van der Waals surface area contributed by atoms with E-state index >= 15 is 0 Å². The zero-order valence-electron chi connectivity index (χ0n) is 11.5. The van der Waals surface area contributed by atoms with Crippen molar-refractivity contribution < 1.29 is 4.74 Å². The lowest BCUT2D eigenvalue weighted by Gasteiger charge is -2.17. The molecule has 0 amide bonds. The number of aryl methyl sites for hydroxylation is 1. The molecule has 0 radical (unpaired) electrons. The van der Waals surface area contributed by atoms with Crippen LogP contribution in [-0.2, 0) is 6.42 Å². The molecule has 0 saturated carbocycles. The lowest BCUT2D eigenvalue weighted by molar-refractivity contribution is 0.343. The second-order valence-electron chi connectivity index (χ2n) is 5.82. The quantitative estimate of drug-likeness (QED) is 0.846. The molecule has 2 nitrogen and oxygen atoms in total. The Kier molecular flexibility index (Phi) is 4.23. The molecule has 0 aliphatic heterocycles. The minimum Gasteiger partial charge on any atom is -0.493 e. The summed E-state index contributed by atoms with van der Waals surface area (Å²) < 4.78 is 6.11. The Bertz CT molecular complexity index is 411. The molecular weight excluding hydrogens is 242 g/mol. The third kappa shape index (κ3) is 3.66. The number of ether oxygens (including phenoxy) is 1. The normalized spacial score (nSPS) is 18.8. The van der Waals surface area contributed by atoms with Gasteiger partial charge in [-0.3, -0.25) is 0 Å². The summed E-state index contributed by atoms with van der Waals surface area (Å²) in [6, 6.07) is 6.56. The van der Waals surface area contributed by atoms with Gasteiger partial charge in [0, 0.05) is 16.5 Å². The van der Waals surface area contributed by atoms with Gasteiger partial charge in [-0.2, -0.15) is 11.8 Å². The van der Waals surface area contributed by atoms with Crippen LogP contribution in [0.25, 0.3) is 0 Å². The standard InChI is InChI=1S/C15H23NOS/c1-15(2,3)18-9-8-17-12-5-6-13-11(10-12)4-7-14(13)16/h5-6,10,14H,4,7-9,16H2,1-3H3/t14-/m0/s1. The second kappa shape index (κ2) is 5.54. The van der Waals surface area contributed by atoms with E-state index in [9.17, 15) is 0 Å². The van der Waals surface area contributed by atoms with E-state index in [4.69, 9.17) is 10.5 Å². The molecule has 100 valence electrons. The van der Waals surface area contributed by atoms with Crippen LogP contribution in [0.2, 0.25) is 0 Å². The molecule has 0 heterocycles. The fraction of sp³-hybridized carbons (Fsp3) is 0.600. The van der Waals surface area contributed by atoms with Crippen LogP contribution in [-0.4, -0.2) is 17.1 Å². The van der Waals surface area contributed by atoms with E-state index < -0.39 is 0 Å². The Hall–Kier alpha value is -0.670. The Morgan fingerprint density at radius 2 is 2.17 bits per heavy atom. The molecule has 0 spiro atoms. The van der Waals surface area contributed by atoms with E-state index in [2.05, 4.69) is 32.9 Å². The lowest BCUT2D eigenvalue weighted by Crippen LogP contribution is -2.11. The monoisotopic (exact) mass is 265 g/mol. The van der Waals surface area contributed by atoms with Gasteiger partial charge >= 0.3 is 0 Å². The molecule has 3 heteroatoms. The van der Waals surface area contributed by atoms with Crippen molar-refractivity contribution in [3.8, 4) is 5.75 Å². The highest BCUT2D eigenvalue weighted by atomic mass is 32.2. The zero-order valence-corrected chi connectivity index (χ0v) is 12.3. The molecule has 0 fully saturated rings. The van der Waals surface area contributed by atoms with Gasteiger partial charge in [0.1, 0.15) is 5.75 Å². The molecule has 2 rings (SSSR count). The third-order valence-corrected chi connectivity index (χ3v) is 4.36. The second-order valence-corrected chi connectivity index (χ2v) is 7.74. The molecule has 1 aromatic rings. The number of hydrogen-bond acceptors (Lipinski definition) is 3. The van der Waals surface area contributed by atoms with Crippen LogP contribution < -0.4 is 10.5 Å². The van der Waals surface area contributed by atoms with E-state index in [1.165, 1.54) is 11.1 Å². The summed E-state index contributed by atoms with van der Waals surface area (Å²) in [6.07, 6.45) is 2.16. The maximum atomic E-state index is 6.02. The fourth-order valence-electron chi connectivity index (χ4n) is 2.22. The molecule has 18 heavy (non-hydrogen) atoms. The minimum absolute atomic E-state index is 0.227. The van der Waals surface area contributed by atoms with Crippen LogP contribution >= 0.6 is 11.8 Å². The van der Waals surface area contributed by atoms with Gasteiger partial charge in [0.25, 0.3) is 0 Å². The van der Waals surface area contributed by atoms with Crippen LogP contribution in [0.3, 0.4) is 0 Å². The highest BCUT2D eigenvalue weighted by Gasteiger charge is 2.19. The van der Waals surface area contributed by atoms with Crippen molar-refractivity contribution in [3.63, 3.8) is 0 Å². The van der Waals surface area contributed by atoms with Gasteiger partial charge in [0.2, 0.25) is 0 Å². The van der Waals surface area contributed by atoms with Gasteiger partial charge in [0.15, 0.2) is 0 Å². The number of fused-ring (bicyclic) bond motifs is 1. The van der Waals surface area contributed by atoms with Crippen LogP contribution in [0.1, 0.15) is 44.4 Å². The minimum atomic E-state index is 0.227. The SMILES string of the molecule is CC(C)(C)SCCOc1ccc2c(c1)CC[C@@H]2N. The molecule has 0 saturated heterocycles. The van der Waals surface area contributed by atoms with E-state index in [0.29, 0.717) is 4.75 Å². The summed E-state index contributed by atoms with van der Waals surface area (Å²) in [6.45, 7) is 7.46. The van der Waals surface area contributed by atoms with Gasteiger partial charge < -0.3 is 10.5 Å². The summed E-state index contributed by atoms with van der Waals surface area (Å²) >= 11 is 1.93. The summed E-state index contributed by atoms with van der Waals surface area (Å²) in [7, 11) is 0. The first-order chi connectivity index (χ1) is 8.46. The highest BCUT2D eigenvalue weighted by Crippen LogP contribution is 2.32. The number of benzene rings is 1. The van der Waals surface area contributed by atoms with Crippen molar-refractivity contribution in [2.24, 2.45) is 5.73 Å². The Morgan fingerprint density at radius 1 is 1.39 bits per heavy atom. The molecule has 1 atom stereocenters. The number of rotatable bonds is 4. The molecule has 0 aromatic heterocycles. The Labute approximate surface area is 114 Å². The van der Waals surface area contributed by atoms with Crippen LogP contribution in [0, 0.1) is 0 Å². The first kappa shape index (κ1) is 13.8. The summed E-state index contributed by atoms with van der Waals surface area (Å²) in [5, 5.41) is 0. The van der Waals surface area contributed by atoms with Crippen molar-refractivity contribution in [2.75, 3.05) is 12.4 Å². The number of thioether (sulfide) groups is 1. The van der Waals surface area contributed by atoms with Gasteiger partial charge in [-0.15, -0.1) is 0 Å². The lowest BCUT2D eigenvalue weighted by atomic mass is 10.1. The predicted molar refractivity (Wildman–Crippen MR) is 79.4 cm³/mol. The van der Waals surface area contributed by atoms with Crippen molar-refractivity contribution >= 4 is 11.8 Å². The summed E-state index contributed by atoms with van der Waals surface area (Å²) in [4.78, 5) is 0. The smallest absolute Gasteiger partial charge is 0.119 e. The van der Waals surface area contributed by atoms with Crippen LogP contribution in [0.15, 0.2) is 18.2 Å². The largest absolute Gasteiger partial charge is 0.493 e. The summed E-state index contributed by atoms with van der Waals surface area (Å²) in [5.74, 6) is 2.01. The molecule has 2 N–H and O–H groups in total. The van der Waals surface area contributed by atoms with E-state index in [-0.39, 0.29) is 6.04 Å². The van der Waals surface area contributed by atoms with E-state index in [1.807, 2.05) is 17.8 Å². The maximum absolute atomic E-state index is 6.02. The van der Waals surface area contributed by atoms with E-state index in [1.54, 1.807) is 0 Å². The predicted octanol–water partition coefficient (Wildman–Crippen LogP) is 3.54. The van der Waals surface area contributed by atoms with Crippen molar-refractivity contribution in [2.45, 2.75) is 44.4 Å². The number of hydrogen-bond donors (Lipinski definition) is 1. The Morgan fingerprint density at radius 3 is 2.89 bits per heavy atom. The first-order valence-corrected chi connectivity index (χ1v) is 7.59. The molecule has 0 unspecified atom stereocenters. The summed E-state index contributed by atoms with van der Waals surface area (Å²) in [5.41, 5.74) is 8.68. The van der Waals surface area contributed by atoms with Crippen LogP contribution in [0.5, 0.6) is 5.75 Å². The molecular formula is C15H23NOS. The molecule has 1 aromatic carbocycles. The third-order valence-electron chi connectivity index (χ3n) is 3.13. The van der Waals surface area contributed by atoms with Gasteiger partial charge in [-0.05, 0) is 36.1 Å². The first-order valence-electron chi connectivity index (χ1n) is 6.61. The molecule has 1 aliphatic rings. The number of nitrogens with two attached hydrogens (primary N) is 1. The van der Waals surface area contributed by atoms with Crippen LogP contribution in [0.4, 0.5) is 0 Å². The van der Waals surface area contributed by atoms with Gasteiger partial charge in [-0.25, -0.2) is 0 Å². The highest BCUT2D eigenvalue weighted by molar-refractivity contribution is 8.00. The van der Waals surface area contributed by atoms with E-state index in [0.717, 1.165) is 31.0 Å². The van der Waals surface area contributed by atoms with Crippen molar-refractivity contribution in [1.82, 2.24) is 0 Å². The topological polar surface area (TPSA) is 35.2 Å². The molecule has 1 aliphatic carbocycles. The van der Waals surface area contributed by atoms with Gasteiger partial charge in [-0.1, -0.05) is 26.8 Å². The zero-order chi connectivity index (χ0) is 13.2. The Balaban J connectivity index is 1.84. The fourth-order valence-corrected chi connectivity index (χ4v) is 3.00.